The zero-order valence-corrected chi connectivity index (χ0v) is 18.7. The zero-order chi connectivity index (χ0) is 22.1. The highest BCUT2D eigenvalue weighted by atomic mass is 16.1. The van der Waals surface area contributed by atoms with E-state index in [9.17, 15) is 4.79 Å². The highest BCUT2D eigenvalue weighted by Gasteiger charge is 2.23. The van der Waals surface area contributed by atoms with E-state index in [1.165, 1.54) is 25.7 Å². The van der Waals surface area contributed by atoms with Crippen LogP contribution >= 0.6 is 0 Å². The van der Waals surface area contributed by atoms with Gasteiger partial charge in [-0.2, -0.15) is 0 Å². The number of benzene rings is 3. The highest BCUT2D eigenvalue weighted by Crippen LogP contribution is 2.30. The second-order valence-corrected chi connectivity index (χ2v) is 8.81. The molecule has 32 heavy (non-hydrogen) atoms. The molecule has 0 N–H and O–H groups in total. The van der Waals surface area contributed by atoms with Crippen molar-refractivity contribution in [2.24, 2.45) is 0 Å². The maximum atomic E-state index is 13.9. The normalized spacial score (nSPS) is 14.3. The predicted molar refractivity (Wildman–Crippen MR) is 132 cm³/mol. The van der Waals surface area contributed by atoms with E-state index >= 15 is 0 Å². The van der Waals surface area contributed by atoms with Gasteiger partial charge in [0, 0.05) is 18.8 Å². The van der Waals surface area contributed by atoms with Crippen LogP contribution in [0.25, 0.3) is 10.9 Å². The van der Waals surface area contributed by atoms with Crippen LogP contribution in [0, 0.1) is 6.92 Å². The van der Waals surface area contributed by atoms with Crippen LogP contribution in [0.1, 0.15) is 48.7 Å². The van der Waals surface area contributed by atoms with Gasteiger partial charge < -0.3 is 4.90 Å². The first kappa shape index (κ1) is 20.5. The van der Waals surface area contributed by atoms with Gasteiger partial charge in [0.1, 0.15) is 5.82 Å². The summed E-state index contributed by atoms with van der Waals surface area (Å²) in [4.78, 5) is 21.1. The van der Waals surface area contributed by atoms with E-state index in [-0.39, 0.29) is 11.6 Å². The van der Waals surface area contributed by atoms with Crippen molar-refractivity contribution in [2.45, 2.75) is 44.7 Å². The first-order chi connectivity index (χ1) is 15.6. The Morgan fingerprint density at radius 2 is 1.50 bits per heavy atom. The molecule has 1 aliphatic carbocycles. The summed E-state index contributed by atoms with van der Waals surface area (Å²) in [6.07, 6.45) is 5.00. The smallest absolute Gasteiger partial charge is 0.262 e. The summed E-state index contributed by atoms with van der Waals surface area (Å²) in [5, 5.41) is 0.676. The van der Waals surface area contributed by atoms with Crippen molar-refractivity contribution in [3.8, 4) is 0 Å². The lowest BCUT2D eigenvalue weighted by atomic mass is 9.98. The molecule has 0 amide bonds. The molecule has 4 aromatic rings. The predicted octanol–water partition coefficient (Wildman–Crippen LogP) is 5.72. The second-order valence-electron chi connectivity index (χ2n) is 8.81. The molecule has 1 heterocycles. The molecule has 0 aliphatic heterocycles. The van der Waals surface area contributed by atoms with Crippen molar-refractivity contribution in [1.82, 2.24) is 9.55 Å². The van der Waals surface area contributed by atoms with Gasteiger partial charge in [-0.3, -0.25) is 9.36 Å². The van der Waals surface area contributed by atoms with Crippen LogP contribution in [0.4, 0.5) is 5.69 Å². The quantitative estimate of drug-likeness (QED) is 0.412. The summed E-state index contributed by atoms with van der Waals surface area (Å²) in [7, 11) is 2.15. The van der Waals surface area contributed by atoms with Gasteiger partial charge in [0.25, 0.3) is 5.56 Å². The molecule has 162 valence electrons. The van der Waals surface area contributed by atoms with E-state index in [1.54, 1.807) is 0 Å². The first-order valence-corrected chi connectivity index (χ1v) is 11.5. The Balaban J connectivity index is 1.69. The molecule has 1 aromatic heterocycles. The highest BCUT2D eigenvalue weighted by molar-refractivity contribution is 5.82. The van der Waals surface area contributed by atoms with Gasteiger partial charge in [0.05, 0.1) is 16.9 Å². The number of aryl methyl sites for hydroxylation is 1. The maximum absolute atomic E-state index is 13.9. The minimum atomic E-state index is -0.224. The Bertz CT molecular complexity index is 1240. The SMILES string of the molecule is Cc1nc2ccc(N(C)C3CCCC3)cc2c(=O)n1C(c1ccccc1)c1ccccc1. The van der Waals surface area contributed by atoms with Crippen LogP contribution in [0.5, 0.6) is 0 Å². The van der Waals surface area contributed by atoms with Crippen LogP contribution in [0.15, 0.2) is 83.7 Å². The fourth-order valence-corrected chi connectivity index (χ4v) is 5.08. The lowest BCUT2D eigenvalue weighted by Crippen LogP contribution is -2.31. The van der Waals surface area contributed by atoms with Gasteiger partial charge in [-0.05, 0) is 49.1 Å². The van der Waals surface area contributed by atoms with Crippen LogP contribution < -0.4 is 10.5 Å². The van der Waals surface area contributed by atoms with Crippen molar-refractivity contribution in [3.63, 3.8) is 0 Å². The van der Waals surface area contributed by atoms with Crippen molar-refractivity contribution >= 4 is 16.6 Å². The van der Waals surface area contributed by atoms with Crippen LogP contribution in [0.3, 0.4) is 0 Å². The van der Waals surface area contributed by atoms with Crippen molar-refractivity contribution < 1.29 is 0 Å². The Kier molecular flexibility index (Phi) is 5.52. The molecule has 1 saturated carbocycles. The van der Waals surface area contributed by atoms with E-state index in [4.69, 9.17) is 4.98 Å². The van der Waals surface area contributed by atoms with E-state index in [2.05, 4.69) is 42.3 Å². The Morgan fingerprint density at radius 3 is 2.09 bits per heavy atom. The monoisotopic (exact) mass is 423 g/mol. The number of nitrogens with zero attached hydrogens (tertiary/aromatic N) is 3. The number of aromatic nitrogens is 2. The van der Waals surface area contributed by atoms with Crippen molar-refractivity contribution in [1.29, 1.82) is 0 Å². The summed E-state index contributed by atoms with van der Waals surface area (Å²) in [5.41, 5.74) is 4.00. The number of hydrogen-bond donors (Lipinski definition) is 0. The van der Waals surface area contributed by atoms with Crippen molar-refractivity contribution in [3.05, 3.63) is 106 Å². The van der Waals surface area contributed by atoms with Crippen LogP contribution in [-0.4, -0.2) is 22.6 Å². The largest absolute Gasteiger partial charge is 0.372 e. The molecule has 4 nitrogen and oxygen atoms in total. The minimum Gasteiger partial charge on any atom is -0.372 e. The van der Waals surface area contributed by atoms with Gasteiger partial charge in [0.2, 0.25) is 0 Å². The summed E-state index contributed by atoms with van der Waals surface area (Å²) in [6, 6.07) is 26.9. The molecule has 5 rings (SSSR count). The topological polar surface area (TPSA) is 38.1 Å². The molecule has 0 atom stereocenters. The van der Waals surface area contributed by atoms with Gasteiger partial charge in [-0.1, -0.05) is 73.5 Å². The molecular weight excluding hydrogens is 394 g/mol. The Labute approximate surface area is 189 Å². The third-order valence-electron chi connectivity index (χ3n) is 6.83. The van der Waals surface area contributed by atoms with E-state index in [1.807, 2.05) is 60.0 Å². The van der Waals surface area contributed by atoms with E-state index in [0.29, 0.717) is 11.4 Å². The van der Waals surface area contributed by atoms with Crippen molar-refractivity contribution in [2.75, 3.05) is 11.9 Å². The van der Waals surface area contributed by atoms with Crippen LogP contribution in [-0.2, 0) is 0 Å². The average molecular weight is 424 g/mol. The molecule has 3 aromatic carbocycles. The molecule has 1 aliphatic rings. The lowest BCUT2D eigenvalue weighted by Gasteiger charge is -2.27. The molecular formula is C28H29N3O. The number of rotatable bonds is 5. The second kappa shape index (κ2) is 8.62. The average Bonchev–Trinajstić information content (AvgIpc) is 3.37. The third kappa shape index (κ3) is 3.70. The molecule has 0 bridgehead atoms. The van der Waals surface area contributed by atoms with Crippen LogP contribution in [0.2, 0.25) is 0 Å². The Morgan fingerprint density at radius 1 is 0.906 bits per heavy atom. The summed E-state index contributed by atoms with van der Waals surface area (Å²) < 4.78 is 1.85. The minimum absolute atomic E-state index is 0.00637. The Hall–Kier alpha value is -3.40. The fraction of sp³-hybridized carbons (Fsp3) is 0.286. The van der Waals surface area contributed by atoms with E-state index < -0.39 is 0 Å². The molecule has 0 radical (unpaired) electrons. The molecule has 0 spiro atoms. The molecule has 0 unspecified atom stereocenters. The van der Waals surface area contributed by atoms with Gasteiger partial charge in [-0.15, -0.1) is 0 Å². The number of hydrogen-bond acceptors (Lipinski definition) is 3. The van der Waals surface area contributed by atoms with E-state index in [0.717, 1.165) is 28.2 Å². The molecule has 0 saturated heterocycles. The third-order valence-corrected chi connectivity index (χ3v) is 6.83. The standard InChI is InChI=1S/C28H29N3O/c1-20-29-26-18-17-24(30(2)23-15-9-10-16-23)19-25(26)28(32)31(20)27(21-11-5-3-6-12-21)22-13-7-4-8-14-22/h3-8,11-14,17-19,23,27H,9-10,15-16H2,1-2H3. The number of fused-ring (bicyclic) bond motifs is 1. The molecule has 4 heteroatoms. The van der Waals surface area contributed by atoms with Gasteiger partial charge >= 0.3 is 0 Å². The molecule has 1 fully saturated rings. The summed E-state index contributed by atoms with van der Waals surface area (Å²) in [5.74, 6) is 0.720. The zero-order valence-electron chi connectivity index (χ0n) is 18.7. The van der Waals surface area contributed by atoms with Gasteiger partial charge in [-0.25, -0.2) is 4.98 Å². The lowest BCUT2D eigenvalue weighted by molar-refractivity contribution is 0.619. The number of anilines is 1. The maximum Gasteiger partial charge on any atom is 0.262 e. The summed E-state index contributed by atoms with van der Waals surface area (Å²) in [6.45, 7) is 1.93. The fourth-order valence-electron chi connectivity index (χ4n) is 5.08. The van der Waals surface area contributed by atoms with Gasteiger partial charge in [0.15, 0.2) is 0 Å². The summed E-state index contributed by atoms with van der Waals surface area (Å²) >= 11 is 0. The first-order valence-electron chi connectivity index (χ1n) is 11.5.